The van der Waals surface area contributed by atoms with Crippen LogP contribution in [0.3, 0.4) is 0 Å². The van der Waals surface area contributed by atoms with E-state index >= 15 is 4.39 Å². The highest BCUT2D eigenvalue weighted by Crippen LogP contribution is 2.39. The Morgan fingerprint density at radius 1 is 1.25 bits per heavy atom. The third-order valence-electron chi connectivity index (χ3n) is 4.21. The molecule has 0 atom stereocenters. The highest BCUT2D eigenvalue weighted by atomic mass is 19.1. The van der Waals surface area contributed by atoms with Gasteiger partial charge in [-0.25, -0.2) is 18.7 Å². The molecule has 0 aliphatic rings. The molecule has 8 heteroatoms. The molecule has 0 saturated carbocycles. The lowest BCUT2D eigenvalue weighted by molar-refractivity contribution is -0.116. The van der Waals surface area contributed by atoms with Crippen LogP contribution in [-0.4, -0.2) is 34.1 Å². The van der Waals surface area contributed by atoms with Crippen molar-refractivity contribution in [2.24, 2.45) is 0 Å². The van der Waals surface area contributed by atoms with E-state index < -0.39 is 11.6 Å². The summed E-state index contributed by atoms with van der Waals surface area (Å²) in [5, 5.41) is 16.1. The second-order valence-electron chi connectivity index (χ2n) is 6.06. The summed E-state index contributed by atoms with van der Waals surface area (Å²) in [6.07, 6.45) is 2.36. The molecule has 6 nitrogen and oxygen atoms in total. The van der Waals surface area contributed by atoms with Gasteiger partial charge in [0.05, 0.1) is 5.56 Å². The molecule has 0 aliphatic heterocycles. The molecule has 0 saturated heterocycles. The van der Waals surface area contributed by atoms with Gasteiger partial charge in [0.15, 0.2) is 5.82 Å². The third kappa shape index (κ3) is 3.62. The van der Waals surface area contributed by atoms with Gasteiger partial charge in [0.25, 0.3) is 0 Å². The third-order valence-corrected chi connectivity index (χ3v) is 4.21. The minimum atomic E-state index is -0.749. The number of benzene rings is 2. The largest absolute Gasteiger partial charge is 0.507 e. The van der Waals surface area contributed by atoms with Gasteiger partial charge in [0.1, 0.15) is 29.2 Å². The number of nitrogens with one attached hydrogen (secondary N) is 2. The SMILES string of the molecule is C=CC(=O)NCCNc1ncnc2c(F)c(-c3c(O)cccc3F)c(C)cc12. The van der Waals surface area contributed by atoms with Gasteiger partial charge in [-0.2, -0.15) is 0 Å². The van der Waals surface area contributed by atoms with E-state index in [0.29, 0.717) is 29.9 Å². The van der Waals surface area contributed by atoms with Crippen molar-refractivity contribution in [2.75, 3.05) is 18.4 Å². The van der Waals surface area contributed by atoms with Crippen molar-refractivity contribution in [1.29, 1.82) is 0 Å². The second-order valence-corrected chi connectivity index (χ2v) is 6.06. The average Bonchev–Trinajstić information content (AvgIpc) is 2.67. The standard InChI is InChI=1S/C20H18F2N4O2/c1-3-15(28)23-7-8-24-20-12-9-11(2)16(18(22)19(12)25-10-26-20)17-13(21)5-4-6-14(17)27/h3-6,9-10,27H,1,7-8H2,2H3,(H,23,28)(H,24,25,26). The van der Waals surface area contributed by atoms with Crippen LogP contribution < -0.4 is 10.6 Å². The number of hydrogen-bond acceptors (Lipinski definition) is 5. The molecule has 0 fully saturated rings. The van der Waals surface area contributed by atoms with Crippen LogP contribution in [0.2, 0.25) is 0 Å². The number of aromatic hydroxyl groups is 1. The highest BCUT2D eigenvalue weighted by molar-refractivity contribution is 5.94. The van der Waals surface area contributed by atoms with Crippen LogP contribution in [0.5, 0.6) is 5.75 Å². The number of nitrogens with zero attached hydrogens (tertiary/aromatic N) is 2. The van der Waals surface area contributed by atoms with Gasteiger partial charge in [-0.1, -0.05) is 12.6 Å². The molecule has 28 heavy (non-hydrogen) atoms. The fourth-order valence-electron chi connectivity index (χ4n) is 2.93. The normalized spacial score (nSPS) is 10.7. The molecule has 0 bridgehead atoms. The first-order chi connectivity index (χ1) is 13.4. The van der Waals surface area contributed by atoms with E-state index in [9.17, 15) is 14.3 Å². The summed E-state index contributed by atoms with van der Waals surface area (Å²) in [6, 6.07) is 5.43. The predicted octanol–water partition coefficient (Wildman–Crippen LogP) is 3.30. The second kappa shape index (κ2) is 7.99. The van der Waals surface area contributed by atoms with Crippen LogP contribution >= 0.6 is 0 Å². The molecule has 1 heterocycles. The number of anilines is 1. The Labute approximate surface area is 159 Å². The van der Waals surface area contributed by atoms with E-state index in [1.54, 1.807) is 13.0 Å². The summed E-state index contributed by atoms with van der Waals surface area (Å²) >= 11 is 0. The molecular formula is C20H18F2N4O2. The molecular weight excluding hydrogens is 366 g/mol. The van der Waals surface area contributed by atoms with Gasteiger partial charge in [0, 0.05) is 24.0 Å². The lowest BCUT2D eigenvalue weighted by Gasteiger charge is -2.14. The Bertz CT molecular complexity index is 1050. The maximum atomic E-state index is 15.2. The molecule has 0 radical (unpaired) electrons. The Balaban J connectivity index is 2.01. The van der Waals surface area contributed by atoms with E-state index in [0.717, 1.165) is 6.07 Å². The van der Waals surface area contributed by atoms with E-state index in [2.05, 4.69) is 27.2 Å². The molecule has 1 aromatic heterocycles. The Hall–Kier alpha value is -3.55. The molecule has 0 unspecified atom stereocenters. The van der Waals surface area contributed by atoms with Crippen LogP contribution in [0.25, 0.3) is 22.0 Å². The number of carbonyl (C=O) groups excluding carboxylic acids is 1. The number of phenols is 1. The van der Waals surface area contributed by atoms with Gasteiger partial charge in [-0.3, -0.25) is 4.79 Å². The quantitative estimate of drug-likeness (QED) is 0.448. The van der Waals surface area contributed by atoms with E-state index in [1.165, 1.54) is 24.5 Å². The lowest BCUT2D eigenvalue weighted by atomic mass is 9.96. The maximum absolute atomic E-state index is 15.2. The zero-order valence-electron chi connectivity index (χ0n) is 15.1. The monoisotopic (exact) mass is 384 g/mol. The van der Waals surface area contributed by atoms with E-state index in [4.69, 9.17) is 0 Å². The van der Waals surface area contributed by atoms with Gasteiger partial charge in [0.2, 0.25) is 5.91 Å². The summed E-state index contributed by atoms with van der Waals surface area (Å²) in [5.74, 6) is -1.76. The fourth-order valence-corrected chi connectivity index (χ4v) is 2.93. The first-order valence-electron chi connectivity index (χ1n) is 8.49. The minimum absolute atomic E-state index is 0.00381. The predicted molar refractivity (Wildman–Crippen MR) is 103 cm³/mol. The fraction of sp³-hybridized carbons (Fsp3) is 0.150. The van der Waals surface area contributed by atoms with E-state index in [-0.39, 0.29) is 28.3 Å². The van der Waals surface area contributed by atoms with Crippen molar-refractivity contribution in [2.45, 2.75) is 6.92 Å². The van der Waals surface area contributed by atoms with Gasteiger partial charge >= 0.3 is 0 Å². The zero-order valence-corrected chi connectivity index (χ0v) is 15.1. The summed E-state index contributed by atoms with van der Waals surface area (Å²) < 4.78 is 29.5. The molecule has 3 rings (SSSR count). The van der Waals surface area contributed by atoms with Crippen LogP contribution in [0.4, 0.5) is 14.6 Å². The van der Waals surface area contributed by atoms with Crippen molar-refractivity contribution < 1.29 is 18.7 Å². The number of aromatic nitrogens is 2. The maximum Gasteiger partial charge on any atom is 0.243 e. The first-order valence-corrected chi connectivity index (χ1v) is 8.49. The minimum Gasteiger partial charge on any atom is -0.507 e. The number of amides is 1. The Morgan fingerprint density at radius 2 is 2.04 bits per heavy atom. The van der Waals surface area contributed by atoms with Gasteiger partial charge in [-0.05, 0) is 36.8 Å². The van der Waals surface area contributed by atoms with Crippen LogP contribution in [0.1, 0.15) is 5.56 Å². The average molecular weight is 384 g/mol. The number of halogens is 2. The first kappa shape index (κ1) is 19.2. The van der Waals surface area contributed by atoms with Gasteiger partial charge < -0.3 is 15.7 Å². The Morgan fingerprint density at radius 3 is 2.75 bits per heavy atom. The molecule has 144 valence electrons. The molecule has 3 aromatic rings. The van der Waals surface area contributed by atoms with Crippen molar-refractivity contribution in [3.05, 3.63) is 60.4 Å². The molecule has 1 amide bonds. The summed E-state index contributed by atoms with van der Waals surface area (Å²) in [7, 11) is 0. The molecule has 0 aliphatic carbocycles. The number of rotatable bonds is 6. The van der Waals surface area contributed by atoms with Crippen molar-refractivity contribution in [3.63, 3.8) is 0 Å². The zero-order chi connectivity index (χ0) is 20.3. The highest BCUT2D eigenvalue weighted by Gasteiger charge is 2.21. The number of aryl methyl sites for hydroxylation is 1. The van der Waals surface area contributed by atoms with Crippen LogP contribution in [0, 0.1) is 18.6 Å². The summed E-state index contributed by atoms with van der Waals surface area (Å²) in [6.45, 7) is 5.65. The van der Waals surface area contributed by atoms with Gasteiger partial charge in [-0.15, -0.1) is 0 Å². The summed E-state index contributed by atoms with van der Waals surface area (Å²) in [4.78, 5) is 19.3. The number of fused-ring (bicyclic) bond motifs is 1. The molecule has 2 aromatic carbocycles. The van der Waals surface area contributed by atoms with Crippen molar-refractivity contribution in [3.8, 4) is 16.9 Å². The van der Waals surface area contributed by atoms with Crippen molar-refractivity contribution in [1.82, 2.24) is 15.3 Å². The number of hydrogen-bond donors (Lipinski definition) is 3. The summed E-state index contributed by atoms with van der Waals surface area (Å²) in [5.41, 5.74) is 0.157. The smallest absolute Gasteiger partial charge is 0.243 e. The van der Waals surface area contributed by atoms with E-state index in [1.807, 2.05) is 0 Å². The Kier molecular flexibility index (Phi) is 5.49. The lowest BCUT2D eigenvalue weighted by Crippen LogP contribution is -2.27. The molecule has 3 N–H and O–H groups in total. The topological polar surface area (TPSA) is 87.1 Å². The number of carbonyl (C=O) groups is 1. The number of phenolic OH excluding ortho intramolecular Hbond substituents is 1. The van der Waals surface area contributed by atoms with Crippen molar-refractivity contribution >= 4 is 22.6 Å². The molecule has 0 spiro atoms. The van der Waals surface area contributed by atoms with Crippen LogP contribution in [-0.2, 0) is 4.79 Å². The van der Waals surface area contributed by atoms with Crippen LogP contribution in [0.15, 0.2) is 43.2 Å².